The fraction of sp³-hybridized carbons (Fsp3) is 0.423. The fourth-order valence-corrected chi connectivity index (χ4v) is 3.33. The normalized spacial score (nSPS) is 16.5. The Bertz CT molecular complexity index is 905. The van der Waals surface area contributed by atoms with Crippen LogP contribution in [0.25, 0.3) is 0 Å². The van der Waals surface area contributed by atoms with Crippen molar-refractivity contribution in [2.45, 2.75) is 52.6 Å². The number of allylic oxidation sites excluding steroid dienone is 2. The van der Waals surface area contributed by atoms with E-state index in [4.69, 9.17) is 18.9 Å². The first kappa shape index (κ1) is 25.3. The molecule has 0 amide bonds. The molecule has 1 aliphatic heterocycles. The van der Waals surface area contributed by atoms with Crippen LogP contribution < -0.4 is 9.47 Å². The molecular formula is C26H34O6. The summed E-state index contributed by atoms with van der Waals surface area (Å²) in [5.74, 6) is 0.653. The maximum atomic E-state index is 13.0. The van der Waals surface area contributed by atoms with Crippen LogP contribution in [0, 0.1) is 0 Å². The molecule has 0 bridgehead atoms. The van der Waals surface area contributed by atoms with Crippen LogP contribution in [0.2, 0.25) is 0 Å². The van der Waals surface area contributed by atoms with Crippen LogP contribution in [-0.2, 0) is 9.47 Å². The second-order valence-electron chi connectivity index (χ2n) is 7.82. The highest BCUT2D eigenvalue weighted by molar-refractivity contribution is 5.96. The first-order valence-corrected chi connectivity index (χ1v) is 10.9. The summed E-state index contributed by atoms with van der Waals surface area (Å²) in [6.07, 6.45) is 5.73. The molecule has 1 unspecified atom stereocenters. The summed E-state index contributed by atoms with van der Waals surface area (Å²) in [5, 5.41) is 10.6. The lowest BCUT2D eigenvalue weighted by Crippen LogP contribution is -2.19. The molecule has 1 aliphatic rings. The zero-order valence-electron chi connectivity index (χ0n) is 19.5. The van der Waals surface area contributed by atoms with Crippen LogP contribution >= 0.6 is 0 Å². The van der Waals surface area contributed by atoms with Crippen molar-refractivity contribution in [3.8, 4) is 11.5 Å². The molecule has 0 saturated heterocycles. The molecule has 174 valence electrons. The minimum Gasteiger partial charge on any atom is -0.495 e. The maximum absolute atomic E-state index is 13.0. The highest BCUT2D eigenvalue weighted by Gasteiger charge is 2.30. The van der Waals surface area contributed by atoms with Gasteiger partial charge in [0, 0.05) is 11.1 Å². The number of rotatable bonds is 11. The minimum absolute atomic E-state index is 0.0126. The molecule has 0 spiro atoms. The third kappa shape index (κ3) is 6.26. The van der Waals surface area contributed by atoms with Gasteiger partial charge in [0.15, 0.2) is 11.5 Å². The third-order valence-corrected chi connectivity index (χ3v) is 4.91. The van der Waals surface area contributed by atoms with Crippen LogP contribution in [0.15, 0.2) is 60.1 Å². The predicted octanol–water partition coefficient (Wildman–Crippen LogP) is 5.79. The Morgan fingerprint density at radius 3 is 2.72 bits per heavy atom. The van der Waals surface area contributed by atoms with Crippen LogP contribution in [0.5, 0.6) is 11.5 Å². The summed E-state index contributed by atoms with van der Waals surface area (Å²) in [7, 11) is 1.45. The summed E-state index contributed by atoms with van der Waals surface area (Å²) >= 11 is 0. The lowest BCUT2D eigenvalue weighted by atomic mass is 9.99. The third-order valence-electron chi connectivity index (χ3n) is 4.91. The molecule has 6 heteroatoms. The quantitative estimate of drug-likeness (QED) is 0.202. The van der Waals surface area contributed by atoms with Gasteiger partial charge >= 0.3 is 5.97 Å². The molecule has 6 nitrogen and oxygen atoms in total. The van der Waals surface area contributed by atoms with Crippen molar-refractivity contribution in [3.63, 3.8) is 0 Å². The number of carbonyl (C=O) groups is 1. The van der Waals surface area contributed by atoms with Crippen LogP contribution in [0.4, 0.5) is 0 Å². The number of hydrogen-bond acceptors (Lipinski definition) is 6. The SMILES string of the molecule is C=CCCC(O)c1ccc2c(c1OC)C(=O)OC/C(C=C(C)C)=C(/C(=C)OCCCC)O2. The molecule has 0 aromatic heterocycles. The number of benzene rings is 1. The molecule has 1 aromatic rings. The van der Waals surface area contributed by atoms with Crippen molar-refractivity contribution in [2.24, 2.45) is 0 Å². The molecule has 1 N–H and O–H groups in total. The number of methoxy groups -OCH3 is 1. The van der Waals surface area contributed by atoms with Crippen molar-refractivity contribution in [1.29, 1.82) is 0 Å². The van der Waals surface area contributed by atoms with Gasteiger partial charge in [0.2, 0.25) is 0 Å². The standard InChI is InChI=1S/C26H34O6/c1-7-9-11-21(27)20-12-13-22-23(25(20)29-6)26(28)31-16-19(15-17(3)4)24(32-22)18(5)30-14-10-8-2/h7,12-13,15,21,27H,1,5,8-11,14,16H2,2-4,6H3/b24-19-. The smallest absolute Gasteiger partial charge is 0.346 e. The van der Waals surface area contributed by atoms with Gasteiger partial charge in [-0.1, -0.05) is 37.6 Å². The Hall–Kier alpha value is -2.99. The van der Waals surface area contributed by atoms with Gasteiger partial charge in [0.1, 0.15) is 23.7 Å². The second-order valence-corrected chi connectivity index (χ2v) is 7.82. The van der Waals surface area contributed by atoms with E-state index in [1.807, 2.05) is 19.9 Å². The average molecular weight is 443 g/mol. The monoisotopic (exact) mass is 442 g/mol. The number of cyclic esters (lactones) is 1. The van der Waals surface area contributed by atoms with Gasteiger partial charge in [-0.05, 0) is 45.2 Å². The number of unbranched alkanes of at least 4 members (excludes halogenated alkanes) is 1. The number of esters is 1. The Kier molecular flexibility index (Phi) is 9.60. The van der Waals surface area contributed by atoms with Gasteiger partial charge in [-0.3, -0.25) is 0 Å². The van der Waals surface area contributed by atoms with Gasteiger partial charge in [0.25, 0.3) is 0 Å². The van der Waals surface area contributed by atoms with E-state index in [-0.39, 0.29) is 23.7 Å². The molecule has 0 fully saturated rings. The van der Waals surface area contributed by atoms with Gasteiger partial charge in [0.05, 0.1) is 19.8 Å². The summed E-state index contributed by atoms with van der Waals surface area (Å²) < 4.78 is 23.1. The summed E-state index contributed by atoms with van der Waals surface area (Å²) in [6.45, 7) is 14.2. The average Bonchev–Trinajstić information content (AvgIpc) is 2.76. The Morgan fingerprint density at radius 1 is 1.34 bits per heavy atom. The lowest BCUT2D eigenvalue weighted by molar-refractivity contribution is 0.0521. The maximum Gasteiger partial charge on any atom is 0.346 e. The van der Waals surface area contributed by atoms with E-state index in [9.17, 15) is 9.90 Å². The topological polar surface area (TPSA) is 74.2 Å². The van der Waals surface area contributed by atoms with Crippen LogP contribution in [0.3, 0.4) is 0 Å². The number of hydrogen-bond donors (Lipinski definition) is 1. The summed E-state index contributed by atoms with van der Waals surface area (Å²) in [5.41, 5.74) is 2.28. The van der Waals surface area contributed by atoms with Gasteiger partial charge in [-0.15, -0.1) is 6.58 Å². The molecule has 0 radical (unpaired) electrons. The first-order chi connectivity index (χ1) is 15.3. The van der Waals surface area contributed by atoms with E-state index in [0.717, 1.165) is 18.4 Å². The molecular weight excluding hydrogens is 408 g/mol. The van der Waals surface area contributed by atoms with E-state index in [1.165, 1.54) is 7.11 Å². The lowest BCUT2D eigenvalue weighted by Gasteiger charge is -2.24. The van der Waals surface area contributed by atoms with E-state index in [1.54, 1.807) is 18.2 Å². The minimum atomic E-state index is -0.824. The predicted molar refractivity (Wildman–Crippen MR) is 125 cm³/mol. The van der Waals surface area contributed by atoms with Gasteiger partial charge < -0.3 is 24.1 Å². The zero-order valence-corrected chi connectivity index (χ0v) is 19.5. The van der Waals surface area contributed by atoms with E-state index >= 15 is 0 Å². The van der Waals surface area contributed by atoms with E-state index in [2.05, 4.69) is 20.1 Å². The van der Waals surface area contributed by atoms with Crippen LogP contribution in [0.1, 0.15) is 68.5 Å². The number of aliphatic hydroxyl groups excluding tert-OH is 1. The van der Waals surface area contributed by atoms with E-state index in [0.29, 0.717) is 42.1 Å². The molecule has 2 rings (SSSR count). The van der Waals surface area contributed by atoms with Crippen molar-refractivity contribution >= 4 is 5.97 Å². The van der Waals surface area contributed by atoms with Crippen molar-refractivity contribution in [3.05, 3.63) is 71.2 Å². The molecule has 0 saturated carbocycles. The molecule has 1 atom stereocenters. The number of carbonyl (C=O) groups excluding carboxylic acids is 1. The largest absolute Gasteiger partial charge is 0.495 e. The Balaban J connectivity index is 2.56. The number of fused-ring (bicyclic) bond motifs is 1. The molecule has 1 heterocycles. The highest BCUT2D eigenvalue weighted by Crippen LogP contribution is 2.40. The summed E-state index contributed by atoms with van der Waals surface area (Å²) in [6, 6.07) is 3.33. The highest BCUT2D eigenvalue weighted by atomic mass is 16.6. The number of aliphatic hydroxyl groups is 1. The van der Waals surface area contributed by atoms with E-state index < -0.39 is 12.1 Å². The first-order valence-electron chi connectivity index (χ1n) is 10.9. The zero-order chi connectivity index (χ0) is 23.7. The second kappa shape index (κ2) is 12.2. The molecule has 0 aliphatic carbocycles. The van der Waals surface area contributed by atoms with Crippen molar-refractivity contribution in [2.75, 3.05) is 20.3 Å². The summed E-state index contributed by atoms with van der Waals surface area (Å²) in [4.78, 5) is 13.0. The molecule has 1 aromatic carbocycles. The van der Waals surface area contributed by atoms with Crippen LogP contribution in [-0.4, -0.2) is 31.4 Å². The molecule has 32 heavy (non-hydrogen) atoms. The van der Waals surface area contributed by atoms with Gasteiger partial charge in [-0.2, -0.15) is 0 Å². The Morgan fingerprint density at radius 2 is 2.09 bits per heavy atom. The van der Waals surface area contributed by atoms with Crippen molar-refractivity contribution in [1.82, 2.24) is 0 Å². The number of ether oxygens (including phenoxy) is 4. The fourth-order valence-electron chi connectivity index (χ4n) is 3.33. The Labute approximate surface area is 190 Å². The van der Waals surface area contributed by atoms with Crippen molar-refractivity contribution < 1.29 is 28.8 Å². The van der Waals surface area contributed by atoms with Gasteiger partial charge in [-0.25, -0.2) is 4.79 Å².